The molecule has 3 N–H and O–H groups in total. The molecule has 6 heteroatoms. The highest BCUT2D eigenvalue weighted by Gasteiger charge is 2.14. The zero-order chi connectivity index (χ0) is 13.5. The molecule has 0 spiro atoms. The van der Waals surface area contributed by atoms with Gasteiger partial charge in [0, 0.05) is 12.7 Å². The molecule has 0 aliphatic carbocycles. The number of ether oxygens (including phenoxy) is 1. The lowest BCUT2D eigenvalue weighted by atomic mass is 10.2. The average Bonchev–Trinajstić information content (AvgIpc) is 2.39. The number of hydrogen-bond acceptors (Lipinski definition) is 4. The summed E-state index contributed by atoms with van der Waals surface area (Å²) in [6, 6.07) is 6.11. The lowest BCUT2D eigenvalue weighted by Gasteiger charge is -2.14. The molecule has 1 aromatic carbocycles. The van der Waals surface area contributed by atoms with Crippen LogP contribution in [0.15, 0.2) is 24.3 Å². The number of rotatable bonds is 4. The highest BCUT2D eigenvalue weighted by Crippen LogP contribution is 2.15. The summed E-state index contributed by atoms with van der Waals surface area (Å²) in [5.41, 5.74) is 0.773. The van der Waals surface area contributed by atoms with Gasteiger partial charge in [-0.3, -0.25) is 10.1 Å². The van der Waals surface area contributed by atoms with E-state index < -0.39 is 18.0 Å². The molecule has 0 saturated heterocycles. The topological polar surface area (TPSA) is 79.5 Å². The van der Waals surface area contributed by atoms with E-state index in [0.717, 1.165) is 11.4 Å². The maximum Gasteiger partial charge on any atom is 0.321 e. The second kappa shape index (κ2) is 6.48. The Hall–Kier alpha value is -2.24. The molecule has 1 unspecified atom stereocenters. The predicted molar refractivity (Wildman–Crippen MR) is 68.7 cm³/mol. The number of hydrogen-bond donors (Lipinski definition) is 3. The van der Waals surface area contributed by atoms with E-state index in [-0.39, 0.29) is 0 Å². The monoisotopic (exact) mass is 251 g/mol. The standard InChI is InChI=1S/C12H17N3O3/c1-8(11(16)15-12(17)13-2)14-9-4-6-10(18-3)7-5-9/h4-8,14H,1-3H3,(H2,13,15,16,17). The molecule has 1 aromatic rings. The van der Waals surface area contributed by atoms with Crippen molar-refractivity contribution in [3.63, 3.8) is 0 Å². The fourth-order valence-corrected chi connectivity index (χ4v) is 1.29. The van der Waals surface area contributed by atoms with Crippen LogP contribution in [0.4, 0.5) is 10.5 Å². The summed E-state index contributed by atoms with van der Waals surface area (Å²) in [5.74, 6) is 0.341. The van der Waals surface area contributed by atoms with Gasteiger partial charge in [0.05, 0.1) is 7.11 Å². The zero-order valence-electron chi connectivity index (χ0n) is 10.6. The fraction of sp³-hybridized carbons (Fsp3) is 0.333. The molecule has 0 aliphatic rings. The van der Waals surface area contributed by atoms with Gasteiger partial charge in [-0.1, -0.05) is 0 Å². The first-order valence-corrected chi connectivity index (χ1v) is 5.50. The van der Waals surface area contributed by atoms with Gasteiger partial charge in [-0.25, -0.2) is 4.79 Å². The van der Waals surface area contributed by atoms with E-state index in [4.69, 9.17) is 4.74 Å². The molecule has 18 heavy (non-hydrogen) atoms. The first-order chi connectivity index (χ1) is 8.56. The maximum atomic E-state index is 11.6. The van der Waals surface area contributed by atoms with E-state index in [9.17, 15) is 9.59 Å². The number of imide groups is 1. The van der Waals surface area contributed by atoms with E-state index >= 15 is 0 Å². The zero-order valence-corrected chi connectivity index (χ0v) is 10.6. The molecule has 0 heterocycles. The number of urea groups is 1. The minimum absolute atomic E-state index is 0.398. The van der Waals surface area contributed by atoms with Gasteiger partial charge in [-0.2, -0.15) is 0 Å². The van der Waals surface area contributed by atoms with E-state index in [2.05, 4.69) is 16.0 Å². The van der Waals surface area contributed by atoms with E-state index in [0.29, 0.717) is 0 Å². The summed E-state index contributed by atoms with van der Waals surface area (Å²) in [5, 5.41) is 7.49. The molecule has 98 valence electrons. The molecular formula is C12H17N3O3. The first kappa shape index (κ1) is 13.8. The minimum atomic E-state index is -0.525. The molecule has 0 aliphatic heterocycles. The van der Waals surface area contributed by atoms with Crippen LogP contribution < -0.4 is 20.7 Å². The van der Waals surface area contributed by atoms with Gasteiger partial charge in [-0.05, 0) is 31.2 Å². The van der Waals surface area contributed by atoms with E-state index in [1.165, 1.54) is 7.05 Å². The summed E-state index contributed by atoms with van der Waals surface area (Å²) >= 11 is 0. The second-order valence-corrected chi connectivity index (χ2v) is 3.66. The Morgan fingerprint density at radius 3 is 2.33 bits per heavy atom. The van der Waals surface area contributed by atoms with Crippen molar-refractivity contribution in [3.05, 3.63) is 24.3 Å². The van der Waals surface area contributed by atoms with Gasteiger partial charge in [0.1, 0.15) is 11.8 Å². The summed E-state index contributed by atoms with van der Waals surface area (Å²) in [4.78, 5) is 22.6. The Labute approximate surface area is 106 Å². The quantitative estimate of drug-likeness (QED) is 0.744. The molecule has 0 bridgehead atoms. The third-order valence-electron chi connectivity index (χ3n) is 2.33. The first-order valence-electron chi connectivity index (χ1n) is 5.50. The normalized spacial score (nSPS) is 11.3. The third-order valence-corrected chi connectivity index (χ3v) is 2.33. The minimum Gasteiger partial charge on any atom is -0.497 e. The lowest BCUT2D eigenvalue weighted by Crippen LogP contribution is -2.44. The highest BCUT2D eigenvalue weighted by molar-refractivity contribution is 5.97. The lowest BCUT2D eigenvalue weighted by molar-refractivity contribution is -0.120. The molecule has 0 saturated carbocycles. The van der Waals surface area contributed by atoms with Crippen molar-refractivity contribution >= 4 is 17.6 Å². The largest absolute Gasteiger partial charge is 0.497 e. The third kappa shape index (κ3) is 3.97. The molecule has 3 amide bonds. The van der Waals surface area contributed by atoms with Crippen LogP contribution in [0.5, 0.6) is 5.75 Å². The smallest absolute Gasteiger partial charge is 0.321 e. The van der Waals surface area contributed by atoms with Crippen LogP contribution in [0.1, 0.15) is 6.92 Å². The Morgan fingerprint density at radius 2 is 1.83 bits per heavy atom. The Kier molecular flexibility index (Phi) is 4.98. The molecule has 0 fully saturated rings. The molecule has 0 aromatic heterocycles. The van der Waals surface area contributed by atoms with Gasteiger partial charge in [0.25, 0.3) is 0 Å². The van der Waals surface area contributed by atoms with Crippen molar-refractivity contribution in [2.45, 2.75) is 13.0 Å². The molecule has 1 atom stereocenters. The Morgan fingerprint density at radius 1 is 1.22 bits per heavy atom. The summed E-state index contributed by atoms with van der Waals surface area (Å²) in [6.45, 7) is 1.67. The van der Waals surface area contributed by atoms with E-state index in [1.54, 1.807) is 38.3 Å². The van der Waals surface area contributed by atoms with Crippen LogP contribution >= 0.6 is 0 Å². The summed E-state index contributed by atoms with van der Waals surface area (Å²) < 4.78 is 5.03. The van der Waals surface area contributed by atoms with Crippen molar-refractivity contribution in [3.8, 4) is 5.75 Å². The van der Waals surface area contributed by atoms with Gasteiger partial charge < -0.3 is 15.4 Å². The van der Waals surface area contributed by atoms with Crippen molar-refractivity contribution in [1.82, 2.24) is 10.6 Å². The summed E-state index contributed by atoms with van der Waals surface area (Å²) in [6.07, 6.45) is 0. The Balaban J connectivity index is 2.55. The van der Waals surface area contributed by atoms with Crippen LogP contribution in [0.3, 0.4) is 0 Å². The van der Waals surface area contributed by atoms with Crippen LogP contribution in [0, 0.1) is 0 Å². The Bertz CT molecular complexity index is 417. The fourth-order valence-electron chi connectivity index (χ4n) is 1.29. The van der Waals surface area contributed by atoms with E-state index in [1.807, 2.05) is 0 Å². The number of amides is 3. The van der Waals surface area contributed by atoms with Crippen LogP contribution in [0.2, 0.25) is 0 Å². The number of carbonyl (C=O) groups excluding carboxylic acids is 2. The SMILES string of the molecule is CNC(=O)NC(=O)C(C)Nc1ccc(OC)cc1. The molecule has 0 radical (unpaired) electrons. The van der Waals surface area contributed by atoms with Gasteiger partial charge >= 0.3 is 6.03 Å². The number of anilines is 1. The van der Waals surface area contributed by atoms with Crippen molar-refractivity contribution in [2.24, 2.45) is 0 Å². The van der Waals surface area contributed by atoms with Crippen molar-refractivity contribution in [2.75, 3.05) is 19.5 Å². The number of nitrogens with one attached hydrogen (secondary N) is 3. The maximum absolute atomic E-state index is 11.6. The van der Waals surface area contributed by atoms with Gasteiger partial charge in [-0.15, -0.1) is 0 Å². The van der Waals surface area contributed by atoms with Crippen molar-refractivity contribution < 1.29 is 14.3 Å². The number of carbonyl (C=O) groups is 2. The van der Waals surface area contributed by atoms with Crippen LogP contribution in [0.25, 0.3) is 0 Å². The molecule has 1 rings (SSSR count). The molecule has 6 nitrogen and oxygen atoms in total. The molecular weight excluding hydrogens is 234 g/mol. The van der Waals surface area contributed by atoms with Crippen LogP contribution in [-0.4, -0.2) is 32.1 Å². The number of methoxy groups -OCH3 is 1. The second-order valence-electron chi connectivity index (χ2n) is 3.66. The number of benzene rings is 1. The highest BCUT2D eigenvalue weighted by atomic mass is 16.5. The van der Waals surface area contributed by atoms with Crippen molar-refractivity contribution in [1.29, 1.82) is 0 Å². The van der Waals surface area contributed by atoms with Gasteiger partial charge in [0.2, 0.25) is 5.91 Å². The predicted octanol–water partition coefficient (Wildman–Crippen LogP) is 0.951. The average molecular weight is 251 g/mol. The van der Waals surface area contributed by atoms with Gasteiger partial charge in [0.15, 0.2) is 0 Å². The van der Waals surface area contributed by atoms with Crippen LogP contribution in [-0.2, 0) is 4.79 Å². The summed E-state index contributed by atoms with van der Waals surface area (Å²) in [7, 11) is 3.03.